The van der Waals surface area contributed by atoms with Gasteiger partial charge in [0.2, 0.25) is 5.91 Å². The van der Waals surface area contributed by atoms with Gasteiger partial charge in [0.1, 0.15) is 16.9 Å². The first-order valence-corrected chi connectivity index (χ1v) is 11.2. The summed E-state index contributed by atoms with van der Waals surface area (Å²) in [6.07, 6.45) is 6.25. The van der Waals surface area contributed by atoms with Crippen LogP contribution in [0.2, 0.25) is 0 Å². The van der Waals surface area contributed by atoms with Crippen molar-refractivity contribution in [3.63, 3.8) is 0 Å². The first kappa shape index (κ1) is 18.1. The molecule has 1 aliphatic carbocycles. The third-order valence-corrected chi connectivity index (χ3v) is 7.44. The standard InChI is InChI=1S/C22H27N3O2S/c1-15(26)25-11-8-20-21(14-25)28-22(23-20)16-4-6-18(7-5-16)27-19-12-17(13-19)24-9-2-3-10-24/h4-7,17,19H,2-3,8-14H2,1H3. The lowest BCUT2D eigenvalue weighted by Crippen LogP contribution is -2.48. The molecule has 0 unspecified atom stereocenters. The first-order chi connectivity index (χ1) is 13.7. The van der Waals surface area contributed by atoms with E-state index in [2.05, 4.69) is 29.2 Å². The highest BCUT2D eigenvalue weighted by Crippen LogP contribution is 2.34. The van der Waals surface area contributed by atoms with E-state index in [1.54, 1.807) is 18.3 Å². The maximum atomic E-state index is 11.6. The van der Waals surface area contributed by atoms with Gasteiger partial charge in [0.25, 0.3) is 0 Å². The molecule has 5 nitrogen and oxygen atoms in total. The second-order valence-corrected chi connectivity index (χ2v) is 9.30. The molecule has 0 bridgehead atoms. The van der Waals surface area contributed by atoms with Gasteiger partial charge in [-0.15, -0.1) is 11.3 Å². The Bertz CT molecular complexity index is 851. The fourth-order valence-electron chi connectivity index (χ4n) is 4.50. The molecular formula is C22H27N3O2S. The van der Waals surface area contributed by atoms with Crippen LogP contribution in [0.4, 0.5) is 0 Å². The number of carbonyl (C=O) groups excluding carboxylic acids is 1. The largest absolute Gasteiger partial charge is 0.490 e. The zero-order valence-electron chi connectivity index (χ0n) is 16.4. The molecule has 1 amide bonds. The number of amides is 1. The topological polar surface area (TPSA) is 45.7 Å². The lowest BCUT2D eigenvalue weighted by atomic mass is 9.88. The lowest BCUT2D eigenvalue weighted by Gasteiger charge is -2.40. The number of carbonyl (C=O) groups is 1. The van der Waals surface area contributed by atoms with Crippen molar-refractivity contribution in [2.45, 2.75) is 57.7 Å². The highest BCUT2D eigenvalue weighted by molar-refractivity contribution is 7.15. The van der Waals surface area contributed by atoms with E-state index in [1.165, 1.54) is 30.8 Å². The summed E-state index contributed by atoms with van der Waals surface area (Å²) in [6, 6.07) is 9.10. The predicted molar refractivity (Wildman–Crippen MR) is 111 cm³/mol. The molecule has 2 fully saturated rings. The molecule has 1 aromatic heterocycles. The van der Waals surface area contributed by atoms with Crippen LogP contribution in [0.1, 0.15) is 43.2 Å². The van der Waals surface area contributed by atoms with E-state index in [4.69, 9.17) is 9.72 Å². The third-order valence-electron chi connectivity index (χ3n) is 6.31. The van der Waals surface area contributed by atoms with E-state index in [0.717, 1.165) is 53.9 Å². The van der Waals surface area contributed by atoms with Crippen LogP contribution in [0, 0.1) is 0 Å². The summed E-state index contributed by atoms with van der Waals surface area (Å²) >= 11 is 1.71. The van der Waals surface area contributed by atoms with E-state index >= 15 is 0 Å². The Morgan fingerprint density at radius 3 is 2.61 bits per heavy atom. The fraction of sp³-hybridized carbons (Fsp3) is 0.545. The van der Waals surface area contributed by atoms with Gasteiger partial charge in [0.05, 0.1) is 12.2 Å². The van der Waals surface area contributed by atoms with Crippen LogP contribution in [-0.2, 0) is 17.8 Å². The number of thiazole rings is 1. The van der Waals surface area contributed by atoms with Crippen LogP contribution in [0.3, 0.4) is 0 Å². The van der Waals surface area contributed by atoms with Crippen LogP contribution >= 0.6 is 11.3 Å². The van der Waals surface area contributed by atoms with Crippen molar-refractivity contribution < 1.29 is 9.53 Å². The molecule has 6 heteroatoms. The van der Waals surface area contributed by atoms with Crippen molar-refractivity contribution in [3.05, 3.63) is 34.8 Å². The molecule has 2 aromatic rings. The number of rotatable bonds is 4. The molecule has 28 heavy (non-hydrogen) atoms. The minimum atomic E-state index is 0.144. The van der Waals surface area contributed by atoms with Gasteiger partial charge in [0.15, 0.2) is 0 Å². The maximum absolute atomic E-state index is 11.6. The molecule has 0 N–H and O–H groups in total. The Morgan fingerprint density at radius 2 is 1.89 bits per heavy atom. The van der Waals surface area contributed by atoms with Gasteiger partial charge in [-0.2, -0.15) is 0 Å². The molecule has 0 atom stereocenters. The van der Waals surface area contributed by atoms with Gasteiger partial charge < -0.3 is 14.5 Å². The van der Waals surface area contributed by atoms with Gasteiger partial charge in [-0.1, -0.05) is 0 Å². The summed E-state index contributed by atoms with van der Waals surface area (Å²) in [5.74, 6) is 1.10. The molecule has 2 aliphatic heterocycles. The summed E-state index contributed by atoms with van der Waals surface area (Å²) in [6.45, 7) is 5.66. The summed E-state index contributed by atoms with van der Waals surface area (Å²) in [5.41, 5.74) is 2.28. The molecule has 3 aliphatic rings. The third kappa shape index (κ3) is 3.55. The average Bonchev–Trinajstić information content (AvgIpc) is 3.33. The Morgan fingerprint density at radius 1 is 1.14 bits per heavy atom. The van der Waals surface area contributed by atoms with Crippen LogP contribution < -0.4 is 4.74 Å². The number of fused-ring (bicyclic) bond motifs is 1. The highest BCUT2D eigenvalue weighted by atomic mass is 32.1. The van der Waals surface area contributed by atoms with Gasteiger partial charge >= 0.3 is 0 Å². The Labute approximate surface area is 170 Å². The maximum Gasteiger partial charge on any atom is 0.219 e. The van der Waals surface area contributed by atoms with Crippen molar-refractivity contribution in [2.24, 2.45) is 0 Å². The minimum Gasteiger partial charge on any atom is -0.490 e. The second-order valence-electron chi connectivity index (χ2n) is 8.21. The van der Waals surface area contributed by atoms with Crippen LogP contribution in [-0.4, -0.2) is 52.5 Å². The van der Waals surface area contributed by atoms with E-state index in [0.29, 0.717) is 12.6 Å². The smallest absolute Gasteiger partial charge is 0.219 e. The summed E-state index contributed by atoms with van der Waals surface area (Å²) in [4.78, 5) is 22.2. The van der Waals surface area contributed by atoms with Crippen LogP contribution in [0.15, 0.2) is 24.3 Å². The normalized spacial score (nSPS) is 24.7. The molecular weight excluding hydrogens is 370 g/mol. The molecule has 1 aromatic carbocycles. The van der Waals surface area contributed by atoms with Gasteiger partial charge in [0, 0.05) is 49.2 Å². The van der Waals surface area contributed by atoms with Crippen LogP contribution in [0.5, 0.6) is 5.75 Å². The molecule has 1 saturated heterocycles. The Kier molecular flexibility index (Phi) is 4.85. The summed E-state index contributed by atoms with van der Waals surface area (Å²) in [5, 5.41) is 1.04. The fourth-order valence-corrected chi connectivity index (χ4v) is 5.62. The zero-order chi connectivity index (χ0) is 19.1. The molecule has 0 radical (unpaired) electrons. The number of benzene rings is 1. The van der Waals surface area contributed by atoms with Crippen molar-refractivity contribution in [1.29, 1.82) is 0 Å². The lowest BCUT2D eigenvalue weighted by molar-refractivity contribution is -0.129. The van der Waals surface area contributed by atoms with Gasteiger partial charge in [-0.25, -0.2) is 4.98 Å². The quantitative estimate of drug-likeness (QED) is 0.789. The number of nitrogens with zero attached hydrogens (tertiary/aromatic N) is 3. The van der Waals surface area contributed by atoms with E-state index in [1.807, 2.05) is 4.90 Å². The van der Waals surface area contributed by atoms with Crippen molar-refractivity contribution in [1.82, 2.24) is 14.8 Å². The number of aromatic nitrogens is 1. The van der Waals surface area contributed by atoms with Crippen molar-refractivity contribution in [2.75, 3.05) is 19.6 Å². The van der Waals surface area contributed by atoms with Crippen molar-refractivity contribution in [3.8, 4) is 16.3 Å². The summed E-state index contributed by atoms with van der Waals surface area (Å²) < 4.78 is 6.16. The Hall–Kier alpha value is -1.92. The van der Waals surface area contributed by atoms with Crippen LogP contribution in [0.25, 0.3) is 10.6 Å². The molecule has 0 spiro atoms. The predicted octanol–water partition coefficient (Wildman–Crippen LogP) is 3.72. The SMILES string of the molecule is CC(=O)N1CCc2nc(-c3ccc(OC4CC(N5CCCC5)C4)cc3)sc2C1. The average molecular weight is 398 g/mol. The number of hydrogen-bond donors (Lipinski definition) is 0. The Balaban J connectivity index is 1.20. The minimum absolute atomic E-state index is 0.144. The van der Waals surface area contributed by atoms with Crippen molar-refractivity contribution >= 4 is 17.2 Å². The van der Waals surface area contributed by atoms with Gasteiger partial charge in [-0.3, -0.25) is 4.79 Å². The first-order valence-electron chi connectivity index (χ1n) is 10.4. The summed E-state index contributed by atoms with van der Waals surface area (Å²) in [7, 11) is 0. The molecule has 5 rings (SSSR count). The van der Waals surface area contributed by atoms with E-state index in [-0.39, 0.29) is 5.91 Å². The number of ether oxygens (including phenoxy) is 1. The van der Waals surface area contributed by atoms with E-state index in [9.17, 15) is 4.79 Å². The molecule has 148 valence electrons. The molecule has 1 saturated carbocycles. The zero-order valence-corrected chi connectivity index (χ0v) is 17.2. The van der Waals surface area contributed by atoms with E-state index < -0.39 is 0 Å². The number of hydrogen-bond acceptors (Lipinski definition) is 5. The monoisotopic (exact) mass is 397 g/mol. The van der Waals surface area contributed by atoms with Gasteiger partial charge in [-0.05, 0) is 50.2 Å². The molecule has 3 heterocycles. The second kappa shape index (κ2) is 7.48. The highest BCUT2D eigenvalue weighted by Gasteiger charge is 2.36. The number of likely N-dealkylation sites (tertiary alicyclic amines) is 1.